The average Bonchev–Trinajstić information content (AvgIpc) is 2.30. The number of nitrogens with one attached hydrogen (secondary N) is 1. The van der Waals surface area contributed by atoms with Crippen LogP contribution in [0.4, 0.5) is 0 Å². The normalized spacial score (nSPS) is 22.0. The first kappa shape index (κ1) is 13.5. The molecule has 16 heavy (non-hydrogen) atoms. The molecule has 1 heterocycles. The van der Waals surface area contributed by atoms with Crippen molar-refractivity contribution < 1.29 is 9.53 Å². The highest BCUT2D eigenvalue weighted by Gasteiger charge is 2.21. The lowest BCUT2D eigenvalue weighted by molar-refractivity contribution is -0.141. The molecule has 1 aliphatic rings. The molecule has 0 aromatic rings. The molecule has 1 atom stereocenters. The molecule has 0 amide bonds. The van der Waals surface area contributed by atoms with Gasteiger partial charge in [-0.3, -0.25) is 4.79 Å². The summed E-state index contributed by atoms with van der Waals surface area (Å²) in [6.45, 7) is 6.43. The molecular formula is C12H24N2O2. The van der Waals surface area contributed by atoms with Gasteiger partial charge in [-0.25, -0.2) is 0 Å². The molecule has 0 aliphatic carbocycles. The van der Waals surface area contributed by atoms with Gasteiger partial charge in [-0.1, -0.05) is 19.8 Å². The highest BCUT2D eigenvalue weighted by Crippen LogP contribution is 2.06. The average molecular weight is 228 g/mol. The maximum atomic E-state index is 11.2. The van der Waals surface area contributed by atoms with Crippen LogP contribution < -0.4 is 5.32 Å². The van der Waals surface area contributed by atoms with E-state index in [4.69, 9.17) is 0 Å². The first-order valence-corrected chi connectivity index (χ1v) is 6.28. The van der Waals surface area contributed by atoms with E-state index in [9.17, 15) is 4.79 Å². The summed E-state index contributed by atoms with van der Waals surface area (Å²) in [5.41, 5.74) is 0. The minimum Gasteiger partial charge on any atom is -0.469 e. The Morgan fingerprint density at radius 2 is 2.31 bits per heavy atom. The number of ether oxygens (including phenoxy) is 1. The lowest BCUT2D eigenvalue weighted by Gasteiger charge is -2.33. The van der Waals surface area contributed by atoms with E-state index >= 15 is 0 Å². The van der Waals surface area contributed by atoms with Gasteiger partial charge in [-0.2, -0.15) is 0 Å². The number of unbranched alkanes of at least 4 members (excludes halogenated alkanes) is 2. The summed E-state index contributed by atoms with van der Waals surface area (Å²) in [6.07, 6.45) is 4.31. The van der Waals surface area contributed by atoms with Crippen LogP contribution in [0.1, 0.15) is 32.6 Å². The van der Waals surface area contributed by atoms with E-state index < -0.39 is 0 Å². The fourth-order valence-corrected chi connectivity index (χ4v) is 2.10. The fourth-order valence-electron chi connectivity index (χ4n) is 2.10. The molecule has 1 aliphatic heterocycles. The second-order valence-electron chi connectivity index (χ2n) is 4.44. The van der Waals surface area contributed by atoms with Gasteiger partial charge in [0, 0.05) is 25.7 Å². The minimum absolute atomic E-state index is 0.118. The van der Waals surface area contributed by atoms with E-state index in [0.717, 1.165) is 26.2 Å². The van der Waals surface area contributed by atoms with Gasteiger partial charge in [-0.05, 0) is 13.0 Å². The molecule has 1 rings (SSSR count). The van der Waals surface area contributed by atoms with Crippen LogP contribution in [0.2, 0.25) is 0 Å². The number of rotatable bonds is 6. The Bertz CT molecular complexity index is 209. The maximum Gasteiger partial charge on any atom is 0.307 e. The molecule has 0 spiro atoms. The van der Waals surface area contributed by atoms with Crippen molar-refractivity contribution in [1.82, 2.24) is 10.2 Å². The Morgan fingerprint density at radius 3 is 3.00 bits per heavy atom. The standard InChI is InChI=1S/C12H24N2O2/c1-3-4-5-7-14-8-6-13-11(10-14)9-12(15)16-2/h11,13H,3-10H2,1-2H3. The minimum atomic E-state index is -0.118. The van der Waals surface area contributed by atoms with Crippen LogP contribution >= 0.6 is 0 Å². The van der Waals surface area contributed by atoms with Crippen LogP contribution in [0.25, 0.3) is 0 Å². The van der Waals surface area contributed by atoms with Crippen LogP contribution in [0.3, 0.4) is 0 Å². The molecule has 4 heteroatoms. The van der Waals surface area contributed by atoms with Crippen molar-refractivity contribution in [2.24, 2.45) is 0 Å². The van der Waals surface area contributed by atoms with Crippen LogP contribution in [0.15, 0.2) is 0 Å². The number of methoxy groups -OCH3 is 1. The predicted molar refractivity (Wildman–Crippen MR) is 64.4 cm³/mol. The van der Waals surface area contributed by atoms with Gasteiger partial charge in [-0.15, -0.1) is 0 Å². The molecule has 1 N–H and O–H groups in total. The smallest absolute Gasteiger partial charge is 0.307 e. The van der Waals surface area contributed by atoms with Gasteiger partial charge in [0.2, 0.25) is 0 Å². The fraction of sp³-hybridized carbons (Fsp3) is 0.917. The van der Waals surface area contributed by atoms with E-state index in [0.29, 0.717) is 6.42 Å². The Balaban J connectivity index is 2.21. The van der Waals surface area contributed by atoms with E-state index in [1.165, 1.54) is 26.4 Å². The molecular weight excluding hydrogens is 204 g/mol. The quantitative estimate of drug-likeness (QED) is 0.544. The molecule has 1 unspecified atom stereocenters. The lowest BCUT2D eigenvalue weighted by atomic mass is 10.1. The number of esters is 1. The number of hydrogen-bond donors (Lipinski definition) is 1. The van der Waals surface area contributed by atoms with Crippen molar-refractivity contribution in [3.8, 4) is 0 Å². The zero-order chi connectivity index (χ0) is 11.8. The molecule has 0 saturated carbocycles. The molecule has 4 nitrogen and oxygen atoms in total. The van der Waals surface area contributed by atoms with Crippen molar-refractivity contribution in [3.63, 3.8) is 0 Å². The summed E-state index contributed by atoms with van der Waals surface area (Å²) in [6, 6.07) is 0.267. The second kappa shape index (κ2) is 7.63. The summed E-state index contributed by atoms with van der Waals surface area (Å²) in [5.74, 6) is -0.118. The molecule has 0 aromatic carbocycles. The molecule has 94 valence electrons. The summed E-state index contributed by atoms with van der Waals surface area (Å²) in [5, 5.41) is 3.36. The molecule has 0 radical (unpaired) electrons. The maximum absolute atomic E-state index is 11.2. The third kappa shape index (κ3) is 4.94. The van der Waals surface area contributed by atoms with E-state index in [-0.39, 0.29) is 12.0 Å². The number of piperazine rings is 1. The van der Waals surface area contributed by atoms with Crippen molar-refractivity contribution in [3.05, 3.63) is 0 Å². The highest BCUT2D eigenvalue weighted by molar-refractivity contribution is 5.69. The van der Waals surface area contributed by atoms with Crippen LogP contribution in [-0.2, 0) is 9.53 Å². The van der Waals surface area contributed by atoms with Gasteiger partial charge in [0.15, 0.2) is 0 Å². The SMILES string of the molecule is CCCCCN1CCNC(CC(=O)OC)C1. The van der Waals surface area contributed by atoms with Crippen LogP contribution in [0, 0.1) is 0 Å². The third-order valence-corrected chi connectivity index (χ3v) is 3.06. The second-order valence-corrected chi connectivity index (χ2v) is 4.44. The zero-order valence-electron chi connectivity index (χ0n) is 10.5. The number of carbonyl (C=O) groups is 1. The van der Waals surface area contributed by atoms with Gasteiger partial charge < -0.3 is 15.0 Å². The van der Waals surface area contributed by atoms with Crippen molar-refractivity contribution in [2.75, 3.05) is 33.3 Å². The summed E-state index contributed by atoms with van der Waals surface area (Å²) in [4.78, 5) is 13.6. The van der Waals surface area contributed by atoms with E-state index in [2.05, 4.69) is 21.9 Å². The van der Waals surface area contributed by atoms with Gasteiger partial charge in [0.05, 0.1) is 13.5 Å². The van der Waals surface area contributed by atoms with Gasteiger partial charge in [0.1, 0.15) is 0 Å². The Morgan fingerprint density at radius 1 is 1.50 bits per heavy atom. The van der Waals surface area contributed by atoms with E-state index in [1.807, 2.05) is 0 Å². The van der Waals surface area contributed by atoms with Crippen molar-refractivity contribution in [1.29, 1.82) is 0 Å². The molecule has 1 fully saturated rings. The largest absolute Gasteiger partial charge is 0.469 e. The first-order chi connectivity index (χ1) is 7.76. The Hall–Kier alpha value is -0.610. The molecule has 1 saturated heterocycles. The lowest BCUT2D eigenvalue weighted by Crippen LogP contribution is -2.51. The number of nitrogens with zero attached hydrogens (tertiary/aromatic N) is 1. The molecule has 0 bridgehead atoms. The Kier molecular flexibility index (Phi) is 6.42. The van der Waals surface area contributed by atoms with Crippen molar-refractivity contribution in [2.45, 2.75) is 38.6 Å². The topological polar surface area (TPSA) is 41.6 Å². The predicted octanol–water partition coefficient (Wildman–Crippen LogP) is 1.01. The molecule has 0 aromatic heterocycles. The summed E-state index contributed by atoms with van der Waals surface area (Å²) >= 11 is 0. The monoisotopic (exact) mass is 228 g/mol. The van der Waals surface area contributed by atoms with Crippen LogP contribution in [-0.4, -0.2) is 50.2 Å². The Labute approximate surface area is 98.3 Å². The zero-order valence-corrected chi connectivity index (χ0v) is 10.5. The van der Waals surface area contributed by atoms with Crippen molar-refractivity contribution >= 4 is 5.97 Å². The summed E-state index contributed by atoms with van der Waals surface area (Å²) in [7, 11) is 1.45. The van der Waals surface area contributed by atoms with E-state index in [1.54, 1.807) is 0 Å². The van der Waals surface area contributed by atoms with Gasteiger partial charge in [0.25, 0.3) is 0 Å². The van der Waals surface area contributed by atoms with Gasteiger partial charge >= 0.3 is 5.97 Å². The summed E-state index contributed by atoms with van der Waals surface area (Å²) < 4.78 is 4.69. The third-order valence-electron chi connectivity index (χ3n) is 3.06. The first-order valence-electron chi connectivity index (χ1n) is 6.28. The van der Waals surface area contributed by atoms with Crippen LogP contribution in [0.5, 0.6) is 0 Å². The highest BCUT2D eigenvalue weighted by atomic mass is 16.5. The number of carbonyl (C=O) groups excluding carboxylic acids is 1. The number of hydrogen-bond acceptors (Lipinski definition) is 4.